The van der Waals surface area contributed by atoms with Crippen LogP contribution in [0.3, 0.4) is 0 Å². The Balaban J connectivity index is 1.85. The summed E-state index contributed by atoms with van der Waals surface area (Å²) in [4.78, 5) is 25.8. The lowest BCUT2D eigenvalue weighted by atomic mass is 9.95. The second-order valence-electron chi connectivity index (χ2n) is 7.35. The third-order valence-electron chi connectivity index (χ3n) is 5.40. The third-order valence-corrected chi connectivity index (χ3v) is 8.87. The standard InChI is InChI=1S/C22H19ClN2O7S2/c1-3-24(4-2)33(28,29)17-12-14-6-5-7-18-20(14)19(13-17)22(27)25(21(18)26)32-34(30,31)16-10-8-15(23)9-11-16/h5-13H,3-4H2,1-2H3. The van der Waals surface area contributed by atoms with E-state index in [0.29, 0.717) is 5.39 Å². The lowest BCUT2D eigenvalue weighted by Crippen LogP contribution is -2.42. The van der Waals surface area contributed by atoms with E-state index in [1.807, 2.05) is 0 Å². The molecule has 0 aromatic heterocycles. The molecule has 178 valence electrons. The van der Waals surface area contributed by atoms with Gasteiger partial charge in [0.25, 0.3) is 11.8 Å². The summed E-state index contributed by atoms with van der Waals surface area (Å²) in [5, 5.41) is 0.989. The minimum atomic E-state index is -4.57. The summed E-state index contributed by atoms with van der Waals surface area (Å²) in [7, 11) is -8.52. The Kier molecular flexibility index (Phi) is 6.25. The average molecular weight is 523 g/mol. The first-order chi connectivity index (χ1) is 16.0. The second kappa shape index (κ2) is 8.75. The first kappa shape index (κ1) is 24.3. The maximum Gasteiger partial charge on any atom is 0.318 e. The van der Waals surface area contributed by atoms with Crippen molar-refractivity contribution in [1.29, 1.82) is 0 Å². The summed E-state index contributed by atoms with van der Waals surface area (Å²) in [6.45, 7) is 3.80. The molecule has 0 unspecified atom stereocenters. The molecule has 2 amide bonds. The number of hydroxylamine groups is 2. The summed E-state index contributed by atoms with van der Waals surface area (Å²) in [5.74, 6) is -2.08. The van der Waals surface area contributed by atoms with E-state index >= 15 is 0 Å². The molecule has 0 atom stereocenters. The first-order valence-electron chi connectivity index (χ1n) is 10.2. The van der Waals surface area contributed by atoms with Gasteiger partial charge in [0.1, 0.15) is 0 Å². The number of sulfonamides is 1. The van der Waals surface area contributed by atoms with Crippen LogP contribution in [-0.4, -0.2) is 51.1 Å². The van der Waals surface area contributed by atoms with E-state index in [0.717, 1.165) is 6.07 Å². The summed E-state index contributed by atoms with van der Waals surface area (Å²) in [6.07, 6.45) is 0. The van der Waals surface area contributed by atoms with Gasteiger partial charge in [-0.1, -0.05) is 37.6 Å². The molecular formula is C22H19ClN2O7S2. The SMILES string of the molecule is CCN(CC)S(=O)(=O)c1cc2c3c(cccc3c1)C(=O)N(OS(=O)(=O)c1ccc(Cl)cc1)C2=O. The fourth-order valence-electron chi connectivity index (χ4n) is 3.73. The van der Waals surface area contributed by atoms with Gasteiger partial charge in [-0.25, -0.2) is 8.42 Å². The summed E-state index contributed by atoms with van der Waals surface area (Å²) >= 11 is 5.79. The normalized spacial score (nSPS) is 14.3. The first-order valence-corrected chi connectivity index (χ1v) is 13.4. The van der Waals surface area contributed by atoms with Crippen molar-refractivity contribution in [2.75, 3.05) is 13.1 Å². The number of imide groups is 1. The van der Waals surface area contributed by atoms with Gasteiger partial charge in [0.2, 0.25) is 10.0 Å². The molecule has 9 nitrogen and oxygen atoms in total. The number of carbonyl (C=O) groups excluding carboxylic acids is 2. The van der Waals surface area contributed by atoms with Gasteiger partial charge in [0, 0.05) is 23.5 Å². The molecule has 3 aromatic rings. The van der Waals surface area contributed by atoms with Crippen molar-refractivity contribution >= 4 is 54.3 Å². The molecular weight excluding hydrogens is 504 g/mol. The number of hydrogen-bond acceptors (Lipinski definition) is 7. The minimum absolute atomic E-state index is 0.00481. The van der Waals surface area contributed by atoms with Crippen LogP contribution in [0.25, 0.3) is 10.8 Å². The van der Waals surface area contributed by atoms with Crippen LogP contribution in [0.15, 0.2) is 64.4 Å². The highest BCUT2D eigenvalue weighted by Crippen LogP contribution is 2.34. The van der Waals surface area contributed by atoms with Gasteiger partial charge in [0.15, 0.2) is 0 Å². The van der Waals surface area contributed by atoms with E-state index in [2.05, 4.69) is 0 Å². The molecule has 0 saturated carbocycles. The van der Waals surface area contributed by atoms with E-state index < -0.39 is 32.0 Å². The van der Waals surface area contributed by atoms with E-state index in [-0.39, 0.29) is 49.5 Å². The smallest absolute Gasteiger partial charge is 0.266 e. The Morgan fingerprint density at radius 1 is 0.853 bits per heavy atom. The van der Waals surface area contributed by atoms with Crippen LogP contribution >= 0.6 is 11.6 Å². The van der Waals surface area contributed by atoms with Gasteiger partial charge in [-0.3, -0.25) is 9.59 Å². The monoisotopic (exact) mass is 522 g/mol. The molecule has 0 radical (unpaired) electrons. The highest BCUT2D eigenvalue weighted by molar-refractivity contribution is 7.89. The van der Waals surface area contributed by atoms with Crippen LogP contribution in [0.1, 0.15) is 34.6 Å². The van der Waals surface area contributed by atoms with Crippen molar-refractivity contribution in [3.8, 4) is 0 Å². The molecule has 3 aromatic carbocycles. The van der Waals surface area contributed by atoms with Gasteiger partial charge >= 0.3 is 10.1 Å². The Morgan fingerprint density at radius 2 is 1.47 bits per heavy atom. The van der Waals surface area contributed by atoms with Gasteiger partial charge in [-0.15, -0.1) is 9.35 Å². The quantitative estimate of drug-likeness (QED) is 0.436. The molecule has 34 heavy (non-hydrogen) atoms. The highest BCUT2D eigenvalue weighted by atomic mass is 35.5. The largest absolute Gasteiger partial charge is 0.318 e. The molecule has 0 spiro atoms. The van der Waals surface area contributed by atoms with Gasteiger partial charge < -0.3 is 0 Å². The molecule has 12 heteroatoms. The number of amides is 2. The topological polar surface area (TPSA) is 118 Å². The van der Waals surface area contributed by atoms with Crippen LogP contribution in [0.4, 0.5) is 0 Å². The zero-order chi connectivity index (χ0) is 24.8. The number of hydrogen-bond donors (Lipinski definition) is 0. The Morgan fingerprint density at radius 3 is 2.09 bits per heavy atom. The second-order valence-corrected chi connectivity index (χ2v) is 11.3. The van der Waals surface area contributed by atoms with Crippen molar-refractivity contribution in [1.82, 2.24) is 9.37 Å². The van der Waals surface area contributed by atoms with Crippen LogP contribution in [-0.2, 0) is 24.4 Å². The van der Waals surface area contributed by atoms with Crippen molar-refractivity contribution in [2.24, 2.45) is 0 Å². The summed E-state index contributed by atoms with van der Waals surface area (Å²) < 4.78 is 57.8. The van der Waals surface area contributed by atoms with Crippen LogP contribution in [0, 0.1) is 0 Å². The number of benzene rings is 3. The van der Waals surface area contributed by atoms with Crippen molar-refractivity contribution in [3.63, 3.8) is 0 Å². The van der Waals surface area contributed by atoms with Crippen LogP contribution in [0.5, 0.6) is 0 Å². The van der Waals surface area contributed by atoms with Crippen molar-refractivity contribution < 1.29 is 30.7 Å². The average Bonchev–Trinajstić information content (AvgIpc) is 2.80. The zero-order valence-corrected chi connectivity index (χ0v) is 20.4. The lowest BCUT2D eigenvalue weighted by Gasteiger charge is -2.26. The molecule has 4 rings (SSSR count). The molecule has 0 saturated heterocycles. The van der Waals surface area contributed by atoms with Gasteiger partial charge in [-0.2, -0.15) is 12.7 Å². The predicted octanol–water partition coefficient (Wildman–Crippen LogP) is 3.44. The molecule has 0 aliphatic carbocycles. The number of rotatable bonds is 7. The molecule has 0 bridgehead atoms. The third kappa shape index (κ3) is 3.99. The van der Waals surface area contributed by atoms with Crippen LogP contribution in [0.2, 0.25) is 5.02 Å². The van der Waals surface area contributed by atoms with E-state index in [9.17, 15) is 26.4 Å². The fourth-order valence-corrected chi connectivity index (χ4v) is 6.26. The van der Waals surface area contributed by atoms with E-state index in [4.69, 9.17) is 15.9 Å². The molecule has 1 heterocycles. The van der Waals surface area contributed by atoms with Crippen molar-refractivity contribution in [2.45, 2.75) is 23.6 Å². The zero-order valence-electron chi connectivity index (χ0n) is 18.1. The summed E-state index contributed by atoms with van der Waals surface area (Å²) in [5.41, 5.74) is -0.157. The molecule has 1 aliphatic rings. The van der Waals surface area contributed by atoms with E-state index in [1.54, 1.807) is 19.9 Å². The Hall–Kier alpha value is -2.83. The van der Waals surface area contributed by atoms with Crippen molar-refractivity contribution in [3.05, 3.63) is 70.7 Å². The summed E-state index contributed by atoms with van der Waals surface area (Å²) in [6, 6.07) is 12.0. The molecule has 0 fully saturated rings. The lowest BCUT2D eigenvalue weighted by molar-refractivity contribution is -0.0155. The highest BCUT2D eigenvalue weighted by Gasteiger charge is 2.39. The fraction of sp³-hybridized carbons (Fsp3) is 0.182. The minimum Gasteiger partial charge on any atom is -0.266 e. The predicted molar refractivity (Wildman–Crippen MR) is 124 cm³/mol. The Bertz CT molecular complexity index is 1530. The maximum atomic E-state index is 13.3. The molecule has 0 N–H and O–H groups in total. The number of carbonyl (C=O) groups is 2. The Labute approximate surface area is 201 Å². The molecule has 1 aliphatic heterocycles. The van der Waals surface area contributed by atoms with Gasteiger partial charge in [0.05, 0.1) is 20.9 Å². The van der Waals surface area contributed by atoms with E-state index in [1.165, 1.54) is 46.8 Å². The maximum absolute atomic E-state index is 13.3. The number of halogens is 1. The number of nitrogens with zero attached hydrogens (tertiary/aromatic N) is 2. The van der Waals surface area contributed by atoms with Crippen LogP contribution < -0.4 is 0 Å². The van der Waals surface area contributed by atoms with Gasteiger partial charge in [-0.05, 0) is 47.9 Å².